The number of nitrogens with one attached hydrogen (secondary N) is 1. The molecular weight excluding hydrogens is 236 g/mol. The molecule has 3 nitrogen and oxygen atoms in total. The van der Waals surface area contributed by atoms with Crippen LogP contribution in [0.15, 0.2) is 10.5 Å². The van der Waals surface area contributed by atoms with Crippen LogP contribution in [0.2, 0.25) is 0 Å². The van der Waals surface area contributed by atoms with Crippen LogP contribution in [0.3, 0.4) is 0 Å². The first-order chi connectivity index (χ1) is 8.81. The lowest BCUT2D eigenvalue weighted by atomic mass is 9.96. The van der Waals surface area contributed by atoms with E-state index >= 15 is 0 Å². The van der Waals surface area contributed by atoms with E-state index in [4.69, 9.17) is 4.42 Å². The third kappa shape index (κ3) is 6.26. The lowest BCUT2D eigenvalue weighted by molar-refractivity contribution is 0.220. The molecule has 0 aliphatic heterocycles. The molecule has 0 aliphatic carbocycles. The number of hydrogen-bond acceptors (Lipinski definition) is 3. The fourth-order valence-corrected chi connectivity index (χ4v) is 2.38. The molecule has 1 rings (SSSR count). The number of rotatable bonds is 7. The van der Waals surface area contributed by atoms with Crippen LogP contribution in [0.25, 0.3) is 0 Å². The number of aryl methyl sites for hydroxylation is 1. The van der Waals surface area contributed by atoms with Crippen molar-refractivity contribution in [2.24, 2.45) is 5.41 Å². The standard InChI is InChI=1S/C16H30N2O/c1-7-8-17-10-15-9-14(13(2)19-15)11-18(6)12-16(3,4)5/h9,17H,7-8,10-12H2,1-6H3. The van der Waals surface area contributed by atoms with E-state index in [-0.39, 0.29) is 0 Å². The highest BCUT2D eigenvalue weighted by molar-refractivity contribution is 5.20. The fourth-order valence-electron chi connectivity index (χ4n) is 2.38. The largest absolute Gasteiger partial charge is 0.465 e. The van der Waals surface area contributed by atoms with Gasteiger partial charge in [0.05, 0.1) is 6.54 Å². The van der Waals surface area contributed by atoms with E-state index in [2.05, 4.69) is 57.9 Å². The number of nitrogens with zero attached hydrogens (tertiary/aromatic N) is 1. The molecule has 1 aromatic rings. The van der Waals surface area contributed by atoms with E-state index < -0.39 is 0 Å². The van der Waals surface area contributed by atoms with Crippen molar-refractivity contribution in [2.75, 3.05) is 20.1 Å². The maximum Gasteiger partial charge on any atom is 0.118 e. The van der Waals surface area contributed by atoms with E-state index in [0.29, 0.717) is 5.41 Å². The van der Waals surface area contributed by atoms with Crippen LogP contribution in [-0.2, 0) is 13.1 Å². The lowest BCUT2D eigenvalue weighted by Crippen LogP contribution is -2.28. The highest BCUT2D eigenvalue weighted by Crippen LogP contribution is 2.19. The quantitative estimate of drug-likeness (QED) is 0.765. The summed E-state index contributed by atoms with van der Waals surface area (Å²) in [5, 5.41) is 3.38. The smallest absolute Gasteiger partial charge is 0.118 e. The van der Waals surface area contributed by atoms with Gasteiger partial charge in [-0.05, 0) is 38.4 Å². The zero-order valence-corrected chi connectivity index (χ0v) is 13.5. The molecule has 0 aromatic carbocycles. The Morgan fingerprint density at radius 1 is 1.32 bits per heavy atom. The molecule has 0 unspecified atom stereocenters. The van der Waals surface area contributed by atoms with Crippen molar-refractivity contribution >= 4 is 0 Å². The normalized spacial score (nSPS) is 12.4. The van der Waals surface area contributed by atoms with Gasteiger partial charge in [0.15, 0.2) is 0 Å². The van der Waals surface area contributed by atoms with Crippen molar-refractivity contribution in [1.82, 2.24) is 10.2 Å². The average molecular weight is 266 g/mol. The first-order valence-corrected chi connectivity index (χ1v) is 7.29. The molecule has 0 bridgehead atoms. The second kappa shape index (κ2) is 7.11. The van der Waals surface area contributed by atoms with Crippen LogP contribution in [0.1, 0.15) is 51.2 Å². The second-order valence-electron chi connectivity index (χ2n) is 6.70. The van der Waals surface area contributed by atoms with Gasteiger partial charge in [0.1, 0.15) is 11.5 Å². The van der Waals surface area contributed by atoms with Crippen LogP contribution in [0, 0.1) is 12.3 Å². The van der Waals surface area contributed by atoms with Crippen molar-refractivity contribution in [2.45, 2.75) is 54.1 Å². The maximum atomic E-state index is 5.80. The summed E-state index contributed by atoms with van der Waals surface area (Å²) in [6, 6.07) is 2.19. The first-order valence-electron chi connectivity index (χ1n) is 7.29. The topological polar surface area (TPSA) is 28.4 Å². The van der Waals surface area contributed by atoms with Crippen LogP contribution < -0.4 is 5.32 Å². The SMILES string of the molecule is CCCNCc1cc(CN(C)CC(C)(C)C)c(C)o1. The minimum atomic E-state index is 0.331. The third-order valence-electron chi connectivity index (χ3n) is 2.98. The molecule has 0 fully saturated rings. The summed E-state index contributed by atoms with van der Waals surface area (Å²) < 4.78 is 5.80. The zero-order chi connectivity index (χ0) is 14.5. The fraction of sp³-hybridized carbons (Fsp3) is 0.750. The van der Waals surface area contributed by atoms with Gasteiger partial charge in [0.2, 0.25) is 0 Å². The van der Waals surface area contributed by atoms with Gasteiger partial charge in [-0.3, -0.25) is 0 Å². The first kappa shape index (κ1) is 16.3. The third-order valence-corrected chi connectivity index (χ3v) is 2.98. The van der Waals surface area contributed by atoms with Crippen molar-refractivity contribution < 1.29 is 4.42 Å². The van der Waals surface area contributed by atoms with Gasteiger partial charge in [0.25, 0.3) is 0 Å². The van der Waals surface area contributed by atoms with Crippen molar-refractivity contribution in [1.29, 1.82) is 0 Å². The van der Waals surface area contributed by atoms with Crippen molar-refractivity contribution in [3.05, 3.63) is 23.2 Å². The highest BCUT2D eigenvalue weighted by atomic mass is 16.3. The van der Waals surface area contributed by atoms with E-state index in [1.807, 2.05) is 0 Å². The van der Waals surface area contributed by atoms with E-state index in [1.165, 1.54) is 5.56 Å². The molecule has 0 saturated heterocycles. The van der Waals surface area contributed by atoms with Crippen LogP contribution >= 0.6 is 0 Å². The van der Waals surface area contributed by atoms with Gasteiger partial charge in [-0.2, -0.15) is 0 Å². The number of hydrogen-bond donors (Lipinski definition) is 1. The molecule has 3 heteroatoms. The predicted molar refractivity (Wildman–Crippen MR) is 81.2 cm³/mol. The molecule has 1 N–H and O–H groups in total. The molecule has 0 saturated carbocycles. The van der Waals surface area contributed by atoms with Crippen molar-refractivity contribution in [3.8, 4) is 0 Å². The Hall–Kier alpha value is -0.800. The summed E-state index contributed by atoms with van der Waals surface area (Å²) in [5.41, 5.74) is 1.64. The second-order valence-corrected chi connectivity index (χ2v) is 6.70. The maximum absolute atomic E-state index is 5.80. The Labute approximate surface area is 118 Å². The molecule has 110 valence electrons. The van der Waals surface area contributed by atoms with Gasteiger partial charge in [-0.25, -0.2) is 0 Å². The Morgan fingerprint density at radius 2 is 2.00 bits per heavy atom. The predicted octanol–water partition coefficient (Wildman–Crippen LogP) is 3.57. The molecule has 0 aliphatic rings. The van der Waals surface area contributed by atoms with Crippen molar-refractivity contribution in [3.63, 3.8) is 0 Å². The van der Waals surface area contributed by atoms with E-state index in [1.54, 1.807) is 0 Å². The van der Waals surface area contributed by atoms with E-state index in [9.17, 15) is 0 Å². The van der Waals surface area contributed by atoms with E-state index in [0.717, 1.165) is 44.1 Å². The Morgan fingerprint density at radius 3 is 2.58 bits per heavy atom. The summed E-state index contributed by atoms with van der Waals surface area (Å²) in [6.07, 6.45) is 1.15. The van der Waals surface area contributed by atoms with Gasteiger partial charge in [-0.1, -0.05) is 27.7 Å². The van der Waals surface area contributed by atoms with Crippen LogP contribution in [-0.4, -0.2) is 25.0 Å². The van der Waals surface area contributed by atoms with Gasteiger partial charge >= 0.3 is 0 Å². The summed E-state index contributed by atoms with van der Waals surface area (Å²) in [5.74, 6) is 2.10. The summed E-state index contributed by atoms with van der Waals surface area (Å²) in [7, 11) is 2.17. The van der Waals surface area contributed by atoms with Crippen LogP contribution in [0.4, 0.5) is 0 Å². The lowest BCUT2D eigenvalue weighted by Gasteiger charge is -2.26. The molecule has 19 heavy (non-hydrogen) atoms. The Balaban J connectivity index is 2.54. The molecular formula is C16H30N2O. The minimum absolute atomic E-state index is 0.331. The number of furan rings is 1. The minimum Gasteiger partial charge on any atom is -0.465 e. The zero-order valence-electron chi connectivity index (χ0n) is 13.5. The van der Waals surface area contributed by atoms with Gasteiger partial charge < -0.3 is 14.6 Å². The molecule has 0 spiro atoms. The average Bonchev–Trinajstić information content (AvgIpc) is 2.57. The molecule has 0 amide bonds. The summed E-state index contributed by atoms with van der Waals surface area (Å²) in [6.45, 7) is 15.0. The molecule has 1 heterocycles. The van der Waals surface area contributed by atoms with Crippen LogP contribution in [0.5, 0.6) is 0 Å². The Kier molecular flexibility index (Phi) is 6.08. The molecule has 1 aromatic heterocycles. The molecule has 0 radical (unpaired) electrons. The Bertz CT molecular complexity index is 377. The summed E-state index contributed by atoms with van der Waals surface area (Å²) >= 11 is 0. The molecule has 0 atom stereocenters. The van der Waals surface area contributed by atoms with Gasteiger partial charge in [-0.15, -0.1) is 0 Å². The highest BCUT2D eigenvalue weighted by Gasteiger charge is 2.15. The summed E-state index contributed by atoms with van der Waals surface area (Å²) in [4.78, 5) is 2.36. The van der Waals surface area contributed by atoms with Gasteiger partial charge in [0, 0.05) is 18.7 Å². The monoisotopic (exact) mass is 266 g/mol.